The zero-order chi connectivity index (χ0) is 15.8. The van der Waals surface area contributed by atoms with Gasteiger partial charge in [-0.05, 0) is 50.8 Å². The van der Waals surface area contributed by atoms with Crippen LogP contribution in [-0.4, -0.2) is 23.7 Å². The smallest absolute Gasteiger partial charge is 0.418 e. The molecule has 2 rings (SSSR count). The fourth-order valence-corrected chi connectivity index (χ4v) is 2.31. The molecule has 1 N–H and O–H groups in total. The Balaban J connectivity index is 2.46. The van der Waals surface area contributed by atoms with Crippen LogP contribution in [0.1, 0.15) is 42.6 Å². The minimum absolute atomic E-state index is 0.0643. The molecule has 0 atom stereocenters. The van der Waals surface area contributed by atoms with E-state index in [1.165, 1.54) is 12.1 Å². The lowest BCUT2D eigenvalue weighted by molar-refractivity contribution is -0.137. The van der Waals surface area contributed by atoms with Crippen molar-refractivity contribution in [1.82, 2.24) is 0 Å². The number of carbonyl (C=O) groups is 1. The van der Waals surface area contributed by atoms with Crippen LogP contribution in [0.25, 0.3) is 0 Å². The summed E-state index contributed by atoms with van der Waals surface area (Å²) in [6, 6.07) is 3.14. The van der Waals surface area contributed by atoms with Crippen molar-refractivity contribution in [2.24, 2.45) is 5.92 Å². The Hall–Kier alpha value is -1.72. The van der Waals surface area contributed by atoms with E-state index in [9.17, 15) is 18.0 Å². The van der Waals surface area contributed by atoms with E-state index < -0.39 is 17.7 Å². The van der Waals surface area contributed by atoms with Crippen LogP contribution in [0, 0.1) is 5.92 Å². The van der Waals surface area contributed by atoms with Gasteiger partial charge in [0.05, 0.1) is 11.1 Å². The molecule has 1 fully saturated rings. The Morgan fingerprint density at radius 1 is 1.38 bits per heavy atom. The highest BCUT2D eigenvalue weighted by molar-refractivity contribution is 5.88. The lowest BCUT2D eigenvalue weighted by Gasteiger charge is -2.31. The zero-order valence-corrected chi connectivity index (χ0v) is 11.9. The zero-order valence-electron chi connectivity index (χ0n) is 11.9. The Morgan fingerprint density at radius 3 is 2.43 bits per heavy atom. The molecular weight excluding hydrogens is 283 g/mol. The number of hydrogen-bond acceptors (Lipinski definition) is 2. The molecule has 116 valence electrons. The fourth-order valence-electron chi connectivity index (χ4n) is 2.31. The maximum atomic E-state index is 13.2. The van der Waals surface area contributed by atoms with Crippen molar-refractivity contribution in [3.63, 3.8) is 0 Å². The topological polar surface area (TPSA) is 40.5 Å². The summed E-state index contributed by atoms with van der Waals surface area (Å²) in [4.78, 5) is 12.6. The third-order valence-electron chi connectivity index (χ3n) is 3.63. The lowest BCUT2D eigenvalue weighted by atomic mass is 10.1. The summed E-state index contributed by atoms with van der Waals surface area (Å²) in [6.45, 7) is 4.26. The monoisotopic (exact) mass is 301 g/mol. The first-order chi connectivity index (χ1) is 9.70. The van der Waals surface area contributed by atoms with Crippen LogP contribution >= 0.6 is 0 Å². The second-order valence-electron chi connectivity index (χ2n) is 5.72. The number of anilines is 1. The minimum atomic E-state index is -4.57. The molecule has 1 aliphatic rings. The average Bonchev–Trinajstić information content (AvgIpc) is 3.17. The normalized spacial score (nSPS) is 15.3. The number of carboxylic acid groups (broad SMARTS) is 1. The summed E-state index contributed by atoms with van der Waals surface area (Å²) in [5, 5.41) is 8.89. The number of halogens is 3. The van der Waals surface area contributed by atoms with Gasteiger partial charge in [-0.1, -0.05) is 0 Å². The van der Waals surface area contributed by atoms with Crippen molar-refractivity contribution < 1.29 is 23.1 Å². The summed E-state index contributed by atoms with van der Waals surface area (Å²) in [7, 11) is 0. The second-order valence-corrected chi connectivity index (χ2v) is 5.72. The number of carboxylic acids is 1. The minimum Gasteiger partial charge on any atom is -0.478 e. The van der Waals surface area contributed by atoms with Gasteiger partial charge in [0.1, 0.15) is 0 Å². The van der Waals surface area contributed by atoms with Crippen molar-refractivity contribution in [3.05, 3.63) is 29.3 Å². The van der Waals surface area contributed by atoms with Crippen molar-refractivity contribution in [2.75, 3.05) is 11.4 Å². The summed E-state index contributed by atoms with van der Waals surface area (Å²) in [5.41, 5.74) is -1.16. The molecule has 1 aliphatic carbocycles. The maximum Gasteiger partial charge on any atom is 0.418 e. The molecule has 0 saturated heterocycles. The molecule has 0 unspecified atom stereocenters. The summed E-state index contributed by atoms with van der Waals surface area (Å²) in [6.07, 6.45) is -2.49. The first-order valence-corrected chi connectivity index (χ1v) is 6.91. The van der Waals surface area contributed by atoms with E-state index in [1.54, 1.807) is 4.90 Å². The lowest BCUT2D eigenvalue weighted by Crippen LogP contribution is -2.34. The molecule has 0 heterocycles. The molecule has 0 radical (unpaired) electrons. The number of rotatable bonds is 5. The van der Waals surface area contributed by atoms with Gasteiger partial charge >= 0.3 is 12.1 Å². The van der Waals surface area contributed by atoms with Gasteiger partial charge in [0.2, 0.25) is 0 Å². The molecule has 1 saturated carbocycles. The van der Waals surface area contributed by atoms with Gasteiger partial charge in [-0.2, -0.15) is 13.2 Å². The molecule has 21 heavy (non-hydrogen) atoms. The van der Waals surface area contributed by atoms with Crippen LogP contribution < -0.4 is 4.90 Å². The van der Waals surface area contributed by atoms with E-state index in [4.69, 9.17) is 5.11 Å². The third kappa shape index (κ3) is 3.68. The van der Waals surface area contributed by atoms with Crippen LogP contribution in [0.4, 0.5) is 18.9 Å². The van der Waals surface area contributed by atoms with Gasteiger partial charge in [-0.25, -0.2) is 4.79 Å². The van der Waals surface area contributed by atoms with Gasteiger partial charge < -0.3 is 10.0 Å². The summed E-state index contributed by atoms with van der Waals surface area (Å²) in [5.74, 6) is -0.919. The first-order valence-electron chi connectivity index (χ1n) is 6.91. The summed E-state index contributed by atoms with van der Waals surface area (Å²) < 4.78 is 39.7. The van der Waals surface area contributed by atoms with E-state index >= 15 is 0 Å². The highest BCUT2D eigenvalue weighted by Crippen LogP contribution is 2.40. The van der Waals surface area contributed by atoms with Crippen LogP contribution in [-0.2, 0) is 6.18 Å². The van der Waals surface area contributed by atoms with Crippen LogP contribution in [0.5, 0.6) is 0 Å². The summed E-state index contributed by atoms with van der Waals surface area (Å²) >= 11 is 0. The van der Waals surface area contributed by atoms with Crippen molar-refractivity contribution >= 4 is 11.7 Å². The van der Waals surface area contributed by atoms with E-state index in [0.29, 0.717) is 12.5 Å². The molecule has 0 aliphatic heterocycles. The number of hydrogen-bond donors (Lipinski definition) is 1. The van der Waals surface area contributed by atoms with E-state index in [2.05, 4.69) is 0 Å². The van der Waals surface area contributed by atoms with Crippen LogP contribution in [0.2, 0.25) is 0 Å². The van der Waals surface area contributed by atoms with Gasteiger partial charge in [-0.15, -0.1) is 0 Å². The molecule has 0 amide bonds. The van der Waals surface area contributed by atoms with Gasteiger partial charge in [0.15, 0.2) is 0 Å². The first kappa shape index (κ1) is 15.7. The SMILES string of the molecule is CC(C)N(CC1CC1)c1ccc(C(=O)O)cc1C(F)(F)F. The Morgan fingerprint density at radius 2 is 2.00 bits per heavy atom. The predicted molar refractivity (Wildman–Crippen MR) is 73.6 cm³/mol. The van der Waals surface area contributed by atoms with Gasteiger partial charge in [0.25, 0.3) is 0 Å². The van der Waals surface area contributed by atoms with Gasteiger partial charge in [0, 0.05) is 18.3 Å². The highest BCUT2D eigenvalue weighted by Gasteiger charge is 2.37. The fraction of sp³-hybridized carbons (Fsp3) is 0.533. The Kier molecular flexibility index (Phi) is 4.16. The Bertz CT molecular complexity index is 536. The molecule has 0 spiro atoms. The van der Waals surface area contributed by atoms with Gasteiger partial charge in [-0.3, -0.25) is 0 Å². The van der Waals surface area contributed by atoms with E-state index in [0.717, 1.165) is 18.9 Å². The molecule has 1 aromatic rings. The molecule has 1 aromatic carbocycles. The average molecular weight is 301 g/mol. The quantitative estimate of drug-likeness (QED) is 0.892. The second kappa shape index (κ2) is 5.58. The van der Waals surface area contributed by atoms with Crippen molar-refractivity contribution in [1.29, 1.82) is 0 Å². The van der Waals surface area contributed by atoms with Crippen molar-refractivity contribution in [3.8, 4) is 0 Å². The molecule has 3 nitrogen and oxygen atoms in total. The highest BCUT2D eigenvalue weighted by atomic mass is 19.4. The largest absolute Gasteiger partial charge is 0.478 e. The predicted octanol–water partition coefficient (Wildman–Crippen LogP) is 4.03. The molecule has 0 aromatic heterocycles. The van der Waals surface area contributed by atoms with E-state index in [1.807, 2.05) is 13.8 Å². The molecule has 0 bridgehead atoms. The number of benzene rings is 1. The van der Waals surface area contributed by atoms with Crippen molar-refractivity contribution in [2.45, 2.75) is 38.9 Å². The van der Waals surface area contributed by atoms with Crippen LogP contribution in [0.15, 0.2) is 18.2 Å². The van der Waals surface area contributed by atoms with E-state index in [-0.39, 0.29) is 17.3 Å². The number of alkyl halides is 3. The number of aromatic carboxylic acids is 1. The Labute approximate surface area is 121 Å². The third-order valence-corrected chi connectivity index (χ3v) is 3.63. The standard InChI is InChI=1S/C15H18F3NO2/c1-9(2)19(8-10-3-4-10)13-6-5-11(14(20)21)7-12(13)15(16,17)18/h5-7,9-10H,3-4,8H2,1-2H3,(H,20,21). The maximum absolute atomic E-state index is 13.2. The van der Waals surface area contributed by atoms with Crippen LogP contribution in [0.3, 0.4) is 0 Å². The molecule has 6 heteroatoms. The molecular formula is C15H18F3NO2. The number of nitrogens with zero attached hydrogens (tertiary/aromatic N) is 1.